The monoisotopic (exact) mass is 291 g/mol. The van der Waals surface area contributed by atoms with Crippen LogP contribution in [0, 0.1) is 0 Å². The van der Waals surface area contributed by atoms with Crippen molar-refractivity contribution in [1.29, 1.82) is 0 Å². The van der Waals surface area contributed by atoms with Crippen molar-refractivity contribution in [3.63, 3.8) is 0 Å². The first kappa shape index (κ1) is 15.2. The van der Waals surface area contributed by atoms with E-state index in [4.69, 9.17) is 9.47 Å². The highest BCUT2D eigenvalue weighted by atomic mass is 16.5. The largest absolute Gasteiger partial charge is 0.490 e. The number of rotatable bonds is 7. The lowest BCUT2D eigenvalue weighted by Crippen LogP contribution is -2.00. The fourth-order valence-electron chi connectivity index (χ4n) is 2.43. The van der Waals surface area contributed by atoms with Crippen molar-refractivity contribution in [3.05, 3.63) is 23.9 Å². The third-order valence-corrected chi connectivity index (χ3v) is 3.24. The van der Waals surface area contributed by atoms with Gasteiger partial charge in [-0.1, -0.05) is 6.92 Å². The standard InChI is InChI=1S/C16H21NO4/c1-4-7-17-10-12(16(18)19)11-8-14(20-5-2)15(21-6-3)9-13(11)17/h8-10H,4-7H2,1-3H3,(H,18,19). The molecule has 0 fully saturated rings. The molecule has 0 aliphatic rings. The van der Waals surface area contributed by atoms with Gasteiger partial charge >= 0.3 is 5.97 Å². The van der Waals surface area contributed by atoms with Crippen LogP contribution in [0.5, 0.6) is 11.5 Å². The average molecular weight is 291 g/mol. The van der Waals surface area contributed by atoms with Crippen LogP contribution in [-0.4, -0.2) is 28.9 Å². The first-order valence-electron chi connectivity index (χ1n) is 7.28. The van der Waals surface area contributed by atoms with E-state index < -0.39 is 5.97 Å². The van der Waals surface area contributed by atoms with Gasteiger partial charge in [0.2, 0.25) is 0 Å². The number of aromatic carboxylic acids is 1. The zero-order chi connectivity index (χ0) is 15.4. The maximum absolute atomic E-state index is 11.4. The Kier molecular flexibility index (Phi) is 4.73. The van der Waals surface area contributed by atoms with E-state index >= 15 is 0 Å². The van der Waals surface area contributed by atoms with Gasteiger partial charge in [-0.05, 0) is 26.3 Å². The molecule has 0 saturated carbocycles. The maximum atomic E-state index is 11.4. The van der Waals surface area contributed by atoms with Crippen LogP contribution in [0.2, 0.25) is 0 Å². The molecule has 2 rings (SSSR count). The third kappa shape index (κ3) is 2.96. The topological polar surface area (TPSA) is 60.7 Å². The van der Waals surface area contributed by atoms with Crippen molar-refractivity contribution in [2.45, 2.75) is 33.7 Å². The minimum atomic E-state index is -0.929. The van der Waals surface area contributed by atoms with E-state index in [1.165, 1.54) is 0 Å². The van der Waals surface area contributed by atoms with Crippen LogP contribution in [0.3, 0.4) is 0 Å². The molecule has 0 unspecified atom stereocenters. The molecule has 1 heterocycles. The molecule has 1 aromatic heterocycles. The lowest BCUT2D eigenvalue weighted by Gasteiger charge is -2.12. The Labute approximate surface area is 124 Å². The second-order valence-corrected chi connectivity index (χ2v) is 4.72. The van der Waals surface area contributed by atoms with Crippen LogP contribution < -0.4 is 9.47 Å². The molecule has 0 atom stereocenters. The predicted molar refractivity (Wildman–Crippen MR) is 81.5 cm³/mol. The van der Waals surface area contributed by atoms with Crippen molar-refractivity contribution < 1.29 is 19.4 Å². The van der Waals surface area contributed by atoms with Gasteiger partial charge in [-0.15, -0.1) is 0 Å². The Morgan fingerprint density at radius 1 is 1.14 bits per heavy atom. The zero-order valence-corrected chi connectivity index (χ0v) is 12.7. The number of fused-ring (bicyclic) bond motifs is 1. The summed E-state index contributed by atoms with van der Waals surface area (Å²) in [5, 5.41) is 10.1. The second-order valence-electron chi connectivity index (χ2n) is 4.72. The molecular formula is C16H21NO4. The van der Waals surface area contributed by atoms with E-state index in [0.717, 1.165) is 18.5 Å². The number of aromatic nitrogens is 1. The molecule has 0 aliphatic carbocycles. The van der Waals surface area contributed by atoms with Crippen molar-refractivity contribution in [2.24, 2.45) is 0 Å². The molecule has 0 radical (unpaired) electrons. The predicted octanol–water partition coefficient (Wildman–Crippen LogP) is 3.55. The van der Waals surface area contributed by atoms with Crippen molar-refractivity contribution >= 4 is 16.9 Å². The molecule has 21 heavy (non-hydrogen) atoms. The molecule has 5 heteroatoms. The first-order valence-corrected chi connectivity index (χ1v) is 7.28. The van der Waals surface area contributed by atoms with Gasteiger partial charge in [-0.25, -0.2) is 4.79 Å². The summed E-state index contributed by atoms with van der Waals surface area (Å²) in [6.45, 7) is 7.66. The van der Waals surface area contributed by atoms with E-state index in [-0.39, 0.29) is 0 Å². The summed E-state index contributed by atoms with van der Waals surface area (Å²) in [6, 6.07) is 3.63. The molecule has 0 bridgehead atoms. The van der Waals surface area contributed by atoms with Gasteiger partial charge in [0.25, 0.3) is 0 Å². The Morgan fingerprint density at radius 3 is 2.29 bits per heavy atom. The molecule has 5 nitrogen and oxygen atoms in total. The normalized spacial score (nSPS) is 10.8. The fraction of sp³-hybridized carbons (Fsp3) is 0.438. The number of nitrogens with zero attached hydrogens (tertiary/aromatic N) is 1. The zero-order valence-electron chi connectivity index (χ0n) is 12.7. The molecule has 1 aromatic carbocycles. The highest BCUT2D eigenvalue weighted by molar-refractivity contribution is 6.04. The Hall–Kier alpha value is -2.17. The Morgan fingerprint density at radius 2 is 1.76 bits per heavy atom. The van der Waals surface area contributed by atoms with Gasteiger partial charge in [-0.3, -0.25) is 0 Å². The second kappa shape index (κ2) is 6.52. The summed E-state index contributed by atoms with van der Waals surface area (Å²) in [4.78, 5) is 11.4. The smallest absolute Gasteiger partial charge is 0.337 e. The van der Waals surface area contributed by atoms with Crippen molar-refractivity contribution in [1.82, 2.24) is 4.57 Å². The quantitative estimate of drug-likeness (QED) is 0.847. The van der Waals surface area contributed by atoms with Gasteiger partial charge in [-0.2, -0.15) is 0 Å². The minimum Gasteiger partial charge on any atom is -0.490 e. The van der Waals surface area contributed by atoms with Gasteiger partial charge in [0.05, 0.1) is 24.3 Å². The number of carbonyl (C=O) groups is 1. The SMILES string of the molecule is CCCn1cc(C(=O)O)c2cc(OCC)c(OCC)cc21. The minimum absolute atomic E-state index is 0.294. The molecule has 0 saturated heterocycles. The van der Waals surface area contributed by atoms with E-state index in [9.17, 15) is 9.90 Å². The molecule has 114 valence electrons. The van der Waals surface area contributed by atoms with Crippen LogP contribution in [0.25, 0.3) is 10.9 Å². The van der Waals surface area contributed by atoms with Crippen LogP contribution in [0.1, 0.15) is 37.6 Å². The first-order chi connectivity index (χ1) is 10.1. The van der Waals surface area contributed by atoms with Gasteiger partial charge in [0, 0.05) is 24.2 Å². The Balaban J connectivity index is 2.67. The van der Waals surface area contributed by atoms with E-state index in [2.05, 4.69) is 6.92 Å². The lowest BCUT2D eigenvalue weighted by molar-refractivity contribution is 0.0698. The van der Waals surface area contributed by atoms with Gasteiger partial charge in [0.15, 0.2) is 11.5 Å². The summed E-state index contributed by atoms with van der Waals surface area (Å²) < 4.78 is 13.1. The van der Waals surface area contributed by atoms with Gasteiger partial charge in [0.1, 0.15) is 0 Å². The van der Waals surface area contributed by atoms with Crippen LogP contribution >= 0.6 is 0 Å². The summed E-state index contributed by atoms with van der Waals surface area (Å²) in [5.41, 5.74) is 1.16. The average Bonchev–Trinajstić information content (AvgIpc) is 2.79. The Bertz CT molecular complexity index is 645. The highest BCUT2D eigenvalue weighted by Gasteiger charge is 2.17. The maximum Gasteiger partial charge on any atom is 0.337 e. The molecule has 1 N–H and O–H groups in total. The lowest BCUT2D eigenvalue weighted by atomic mass is 10.1. The number of aryl methyl sites for hydroxylation is 1. The van der Waals surface area contributed by atoms with Crippen LogP contribution in [-0.2, 0) is 6.54 Å². The molecule has 0 aliphatic heterocycles. The number of carboxylic acids is 1. The van der Waals surface area contributed by atoms with E-state index in [1.54, 1.807) is 12.3 Å². The number of hydrogen-bond donors (Lipinski definition) is 1. The summed E-state index contributed by atoms with van der Waals surface area (Å²) in [6.07, 6.45) is 2.61. The van der Waals surface area contributed by atoms with Crippen molar-refractivity contribution in [2.75, 3.05) is 13.2 Å². The van der Waals surface area contributed by atoms with Crippen LogP contribution in [0.15, 0.2) is 18.3 Å². The molecular weight excluding hydrogens is 270 g/mol. The number of hydrogen-bond acceptors (Lipinski definition) is 3. The van der Waals surface area contributed by atoms with Crippen LogP contribution in [0.4, 0.5) is 0 Å². The summed E-state index contributed by atoms with van der Waals surface area (Å²) in [5.74, 6) is 0.310. The number of benzene rings is 1. The molecule has 0 amide bonds. The van der Waals surface area contributed by atoms with Gasteiger partial charge < -0.3 is 19.1 Å². The van der Waals surface area contributed by atoms with E-state index in [1.807, 2.05) is 24.5 Å². The molecule has 0 spiro atoms. The summed E-state index contributed by atoms with van der Waals surface area (Å²) in [7, 11) is 0. The fourth-order valence-corrected chi connectivity index (χ4v) is 2.43. The molecule has 2 aromatic rings. The summed E-state index contributed by atoms with van der Waals surface area (Å²) >= 11 is 0. The third-order valence-electron chi connectivity index (χ3n) is 3.24. The van der Waals surface area contributed by atoms with E-state index in [0.29, 0.717) is 35.7 Å². The highest BCUT2D eigenvalue weighted by Crippen LogP contribution is 2.35. The number of carboxylic acid groups (broad SMARTS) is 1. The number of ether oxygens (including phenoxy) is 2. The van der Waals surface area contributed by atoms with Crippen molar-refractivity contribution in [3.8, 4) is 11.5 Å².